The topological polar surface area (TPSA) is 197 Å². The molecule has 0 aliphatic carbocycles. The number of rotatable bonds is 13. The minimum atomic E-state index is -0.568. The van der Waals surface area contributed by atoms with E-state index in [0.29, 0.717) is 54.4 Å². The lowest BCUT2D eigenvalue weighted by molar-refractivity contribution is 0.0526. The summed E-state index contributed by atoms with van der Waals surface area (Å²) < 4.78 is 5.07. The van der Waals surface area contributed by atoms with Crippen LogP contribution in [0.3, 0.4) is 0 Å². The van der Waals surface area contributed by atoms with E-state index in [9.17, 15) is 9.59 Å². The summed E-state index contributed by atoms with van der Waals surface area (Å²) in [7, 11) is 0. The van der Waals surface area contributed by atoms with Gasteiger partial charge in [0.15, 0.2) is 16.7 Å². The van der Waals surface area contributed by atoms with Crippen molar-refractivity contribution in [2.45, 2.75) is 20.0 Å². The quantitative estimate of drug-likeness (QED) is 0.0925. The van der Waals surface area contributed by atoms with Crippen LogP contribution in [-0.4, -0.2) is 58.4 Å². The van der Waals surface area contributed by atoms with Crippen LogP contribution in [0.5, 0.6) is 0 Å². The number of esters is 1. The van der Waals surface area contributed by atoms with E-state index in [1.165, 1.54) is 22.7 Å². The molecule has 66 heavy (non-hydrogen) atoms. The summed E-state index contributed by atoms with van der Waals surface area (Å²) in [6.45, 7) is 3.06. The van der Waals surface area contributed by atoms with Gasteiger partial charge in [0.2, 0.25) is 5.01 Å². The van der Waals surface area contributed by atoms with Gasteiger partial charge in [0.25, 0.3) is 5.91 Å². The highest BCUT2D eigenvalue weighted by Gasteiger charge is 2.20. The van der Waals surface area contributed by atoms with Crippen LogP contribution in [0, 0.1) is 0 Å². The van der Waals surface area contributed by atoms with E-state index in [-0.39, 0.29) is 10.0 Å². The predicted molar refractivity (Wildman–Crippen MR) is 260 cm³/mol. The molecule has 324 valence electrons. The number of carbonyl (C=O) groups excluding carboxylic acids is 2. The number of fused-ring (bicyclic) bond motifs is 2. The van der Waals surface area contributed by atoms with Crippen molar-refractivity contribution in [3.8, 4) is 45.3 Å². The molecule has 0 radical (unpaired) electrons. The number of pyridine rings is 2. The molecule has 0 fully saturated rings. The van der Waals surface area contributed by atoms with Gasteiger partial charge in [-0.15, -0.1) is 22.7 Å². The number of aromatic nitrogens is 8. The number of nitrogens with two attached hydrogens (primary N) is 1. The number of primary amides is 1. The van der Waals surface area contributed by atoms with E-state index in [1.54, 1.807) is 30.1 Å². The molecule has 4 N–H and O–H groups in total. The maximum atomic E-state index is 12.1. The number of nitrogens with zero attached hydrogens (tertiary/aromatic N) is 8. The Hall–Kier alpha value is -8.34. The number of anilines is 2. The minimum Gasteiger partial charge on any atom is -0.461 e. The minimum absolute atomic E-state index is 0.227. The lowest BCUT2D eigenvalue weighted by atomic mass is 10.0. The molecule has 6 heterocycles. The number of carbonyl (C=O) groups is 2. The van der Waals surface area contributed by atoms with Crippen molar-refractivity contribution in [2.75, 3.05) is 17.2 Å². The SMILES string of the molecule is CCOC(=O)c1nc(-c2nc(NCc3ccccn3)c3c(-c4ccccc4)cccc3n2)cs1.NC(=O)c1nc(-c2nc(NCc3ccccn3)c3c(-c4ccccc4)cccc3n2)cs1. The van der Waals surface area contributed by atoms with E-state index < -0.39 is 11.9 Å². The summed E-state index contributed by atoms with van der Waals surface area (Å²) >= 11 is 2.40. The Balaban J connectivity index is 0.000000166. The van der Waals surface area contributed by atoms with Crippen molar-refractivity contribution in [3.63, 3.8) is 0 Å². The Labute approximate surface area is 386 Å². The van der Waals surface area contributed by atoms with Crippen LogP contribution in [0.15, 0.2) is 157 Å². The van der Waals surface area contributed by atoms with Crippen LogP contribution in [0.4, 0.5) is 11.6 Å². The van der Waals surface area contributed by atoms with Crippen molar-refractivity contribution in [1.29, 1.82) is 0 Å². The molecule has 10 aromatic rings. The number of hydrogen-bond acceptors (Lipinski definition) is 15. The Morgan fingerprint density at radius 2 is 1.02 bits per heavy atom. The molecule has 0 saturated carbocycles. The van der Waals surface area contributed by atoms with Gasteiger partial charge in [0.1, 0.15) is 23.0 Å². The highest BCUT2D eigenvalue weighted by molar-refractivity contribution is 7.12. The van der Waals surface area contributed by atoms with Gasteiger partial charge in [0.05, 0.1) is 52.9 Å². The lowest BCUT2D eigenvalue weighted by Gasteiger charge is -2.14. The Morgan fingerprint density at radius 1 is 0.545 bits per heavy atom. The Bertz CT molecular complexity index is 3280. The second-order valence-corrected chi connectivity index (χ2v) is 16.1. The summed E-state index contributed by atoms with van der Waals surface area (Å²) in [5.74, 6) is 1.20. The van der Waals surface area contributed by atoms with E-state index in [1.807, 2.05) is 97.1 Å². The monoisotopic (exact) mass is 905 g/mol. The summed E-state index contributed by atoms with van der Waals surface area (Å²) in [5, 5.41) is 12.7. The number of hydrogen-bond donors (Lipinski definition) is 3. The first-order valence-corrected chi connectivity index (χ1v) is 22.6. The van der Waals surface area contributed by atoms with Crippen molar-refractivity contribution < 1.29 is 14.3 Å². The summed E-state index contributed by atoms with van der Waals surface area (Å²) in [4.78, 5) is 60.3. The van der Waals surface area contributed by atoms with Gasteiger partial charge < -0.3 is 21.1 Å². The largest absolute Gasteiger partial charge is 0.461 e. The third-order valence-electron chi connectivity index (χ3n) is 10.1. The van der Waals surface area contributed by atoms with Crippen molar-refractivity contribution in [3.05, 3.63) is 178 Å². The molecule has 0 unspecified atom stereocenters. The molecule has 10 rings (SSSR count). The van der Waals surface area contributed by atoms with Gasteiger partial charge in [0, 0.05) is 23.2 Å². The number of thiazole rings is 2. The fraction of sp³-hybridized carbons (Fsp3) is 0.0800. The summed E-state index contributed by atoms with van der Waals surface area (Å²) in [5.41, 5.74) is 13.9. The second-order valence-electron chi connectivity index (χ2n) is 14.4. The van der Waals surface area contributed by atoms with Gasteiger partial charge in [-0.3, -0.25) is 14.8 Å². The molecule has 6 aromatic heterocycles. The first-order valence-electron chi connectivity index (χ1n) is 20.8. The van der Waals surface area contributed by atoms with Crippen molar-refractivity contribution in [2.24, 2.45) is 5.73 Å². The number of nitrogens with one attached hydrogen (secondary N) is 2. The third-order valence-corrected chi connectivity index (χ3v) is 11.7. The fourth-order valence-corrected chi connectivity index (χ4v) is 8.41. The van der Waals surface area contributed by atoms with Crippen molar-refractivity contribution >= 4 is 68.0 Å². The van der Waals surface area contributed by atoms with Crippen LogP contribution in [-0.2, 0) is 17.8 Å². The molecule has 16 heteroatoms. The van der Waals surface area contributed by atoms with Gasteiger partial charge >= 0.3 is 5.97 Å². The highest BCUT2D eigenvalue weighted by atomic mass is 32.1. The summed E-state index contributed by atoms with van der Waals surface area (Å²) in [6.07, 6.45) is 3.53. The second kappa shape index (κ2) is 20.0. The van der Waals surface area contributed by atoms with Gasteiger partial charge in [-0.25, -0.2) is 34.7 Å². The maximum absolute atomic E-state index is 12.1. The zero-order valence-electron chi connectivity index (χ0n) is 35.3. The average Bonchev–Trinajstić information content (AvgIpc) is 4.08. The van der Waals surface area contributed by atoms with E-state index in [0.717, 1.165) is 55.4 Å². The first-order chi connectivity index (χ1) is 32.4. The molecule has 0 atom stereocenters. The number of ether oxygens (including phenoxy) is 1. The molecule has 4 aromatic carbocycles. The number of amides is 1. The maximum Gasteiger partial charge on any atom is 0.367 e. The van der Waals surface area contributed by atoms with Crippen LogP contribution >= 0.6 is 22.7 Å². The van der Waals surface area contributed by atoms with Crippen LogP contribution in [0.25, 0.3) is 67.1 Å². The summed E-state index contributed by atoms with van der Waals surface area (Å²) in [6, 6.07) is 43.8. The third kappa shape index (κ3) is 9.74. The van der Waals surface area contributed by atoms with Crippen LogP contribution < -0.4 is 16.4 Å². The smallest absolute Gasteiger partial charge is 0.367 e. The van der Waals surface area contributed by atoms with Gasteiger partial charge in [-0.1, -0.05) is 97.1 Å². The molecule has 0 aliphatic rings. The molecule has 1 amide bonds. The van der Waals surface area contributed by atoms with E-state index >= 15 is 0 Å². The molecular weight excluding hydrogens is 867 g/mol. The molecular formula is C50H39N11O3S2. The molecule has 0 saturated heterocycles. The fourth-order valence-electron chi connectivity index (χ4n) is 7.07. The highest BCUT2D eigenvalue weighted by Crippen LogP contribution is 2.36. The van der Waals surface area contributed by atoms with Crippen LogP contribution in [0.1, 0.15) is 37.9 Å². The molecule has 0 bridgehead atoms. The van der Waals surface area contributed by atoms with Crippen LogP contribution in [0.2, 0.25) is 0 Å². The predicted octanol–water partition coefficient (Wildman–Crippen LogP) is 10.1. The molecule has 14 nitrogen and oxygen atoms in total. The van der Waals surface area contributed by atoms with Crippen molar-refractivity contribution in [1.82, 2.24) is 39.9 Å². The zero-order chi connectivity index (χ0) is 45.2. The van der Waals surface area contributed by atoms with E-state index in [4.69, 9.17) is 30.4 Å². The lowest BCUT2D eigenvalue weighted by Crippen LogP contribution is -2.10. The Kier molecular flexibility index (Phi) is 13.0. The first kappa shape index (κ1) is 42.9. The normalized spacial score (nSPS) is 10.9. The van der Waals surface area contributed by atoms with Gasteiger partial charge in [-0.05, 0) is 65.6 Å². The van der Waals surface area contributed by atoms with Gasteiger partial charge in [-0.2, -0.15) is 0 Å². The molecule has 0 aliphatic heterocycles. The number of benzene rings is 4. The Morgan fingerprint density at radius 3 is 1.45 bits per heavy atom. The zero-order valence-corrected chi connectivity index (χ0v) is 37.0. The average molecular weight is 906 g/mol. The standard InChI is InChI=1S/C26H21N5O2S.C24H18N6OS/c1-2-33-26(32)25-30-21(16-34-25)23-29-20-13-8-12-19(17-9-4-3-5-10-17)22(20)24(31-23)28-15-18-11-6-7-14-27-18;25-21(31)24-29-19(14-32-24)22-28-18-11-6-10-17(15-7-2-1-3-8-15)20(18)23(30-22)27-13-16-9-4-5-12-26-16/h3-14,16H,2,15H2,1H3,(H,28,29,31);1-12,14H,13H2,(H2,25,31)(H,27,28,30). The molecule has 0 spiro atoms. The van der Waals surface area contributed by atoms with E-state index in [2.05, 4.69) is 67.0 Å².